The Morgan fingerprint density at radius 1 is 1.25 bits per heavy atom. The van der Waals surface area contributed by atoms with E-state index < -0.39 is 29.5 Å². The maximum Gasteiger partial charge on any atom is 0.228 e. The van der Waals surface area contributed by atoms with Crippen LogP contribution in [0, 0.1) is 24.6 Å². The molecule has 2 atom stereocenters. The Hall–Kier alpha value is -1.91. The zero-order chi connectivity index (χ0) is 14.7. The summed E-state index contributed by atoms with van der Waals surface area (Å²) in [5.74, 6) is -3.59. The van der Waals surface area contributed by atoms with E-state index >= 15 is 0 Å². The Bertz CT molecular complexity index is 530. The molecule has 0 spiro atoms. The number of benzene rings is 1. The molecule has 1 N–H and O–H groups in total. The molecule has 1 aliphatic rings. The molecule has 0 bridgehead atoms. The van der Waals surface area contributed by atoms with Crippen molar-refractivity contribution in [2.45, 2.75) is 32.6 Å². The molecule has 1 fully saturated rings. The number of halogens is 1. The SMILES string of the molecule is Cc1ccc(F)c(NC(=O)[C@@H]2CCCC[C@@H]2C(=O)[O-])c1. The van der Waals surface area contributed by atoms with Gasteiger partial charge in [0.05, 0.1) is 5.69 Å². The maximum atomic E-state index is 13.6. The van der Waals surface area contributed by atoms with E-state index in [1.54, 1.807) is 13.0 Å². The van der Waals surface area contributed by atoms with Gasteiger partial charge in [0.15, 0.2) is 0 Å². The summed E-state index contributed by atoms with van der Waals surface area (Å²) in [6, 6.07) is 4.42. The highest BCUT2D eigenvalue weighted by Crippen LogP contribution is 2.31. The quantitative estimate of drug-likeness (QED) is 0.913. The average molecular weight is 278 g/mol. The topological polar surface area (TPSA) is 69.2 Å². The number of hydrogen-bond acceptors (Lipinski definition) is 3. The fourth-order valence-corrected chi connectivity index (χ4v) is 2.69. The molecule has 1 aliphatic carbocycles. The number of hydrogen-bond donors (Lipinski definition) is 1. The van der Waals surface area contributed by atoms with Crippen molar-refractivity contribution in [2.24, 2.45) is 11.8 Å². The molecule has 0 aromatic heterocycles. The second-order valence-corrected chi connectivity index (χ2v) is 5.29. The first-order valence-corrected chi connectivity index (χ1v) is 6.77. The molecule has 5 heteroatoms. The van der Waals surface area contributed by atoms with Crippen LogP contribution in [0.25, 0.3) is 0 Å². The van der Waals surface area contributed by atoms with E-state index in [0.29, 0.717) is 12.8 Å². The smallest absolute Gasteiger partial charge is 0.228 e. The molecule has 0 radical (unpaired) electrons. The van der Waals surface area contributed by atoms with Crippen molar-refractivity contribution in [1.82, 2.24) is 0 Å². The monoisotopic (exact) mass is 278 g/mol. The number of aliphatic carboxylic acids is 1. The van der Waals surface area contributed by atoms with Crippen molar-refractivity contribution in [3.05, 3.63) is 29.6 Å². The molecule has 1 amide bonds. The lowest BCUT2D eigenvalue weighted by Gasteiger charge is -2.31. The summed E-state index contributed by atoms with van der Waals surface area (Å²) < 4.78 is 13.6. The molecule has 4 nitrogen and oxygen atoms in total. The molecule has 0 saturated heterocycles. The summed E-state index contributed by atoms with van der Waals surface area (Å²) in [4.78, 5) is 23.3. The molecular formula is C15H17FNO3-. The van der Waals surface area contributed by atoms with E-state index in [9.17, 15) is 19.1 Å². The van der Waals surface area contributed by atoms with Crippen LogP contribution in [0.15, 0.2) is 18.2 Å². The Morgan fingerprint density at radius 2 is 1.90 bits per heavy atom. The van der Waals surface area contributed by atoms with E-state index in [1.165, 1.54) is 12.1 Å². The van der Waals surface area contributed by atoms with Crippen molar-refractivity contribution >= 4 is 17.6 Å². The normalized spacial score (nSPS) is 22.3. The first-order chi connectivity index (χ1) is 9.49. The number of anilines is 1. The summed E-state index contributed by atoms with van der Waals surface area (Å²) in [6.07, 6.45) is 2.52. The third kappa shape index (κ3) is 3.15. The van der Waals surface area contributed by atoms with Crippen molar-refractivity contribution in [1.29, 1.82) is 0 Å². The zero-order valence-electron chi connectivity index (χ0n) is 11.3. The summed E-state index contributed by atoms with van der Waals surface area (Å²) in [7, 11) is 0. The number of rotatable bonds is 3. The summed E-state index contributed by atoms with van der Waals surface area (Å²) >= 11 is 0. The zero-order valence-corrected chi connectivity index (χ0v) is 11.3. The fourth-order valence-electron chi connectivity index (χ4n) is 2.69. The van der Waals surface area contributed by atoms with Crippen LogP contribution in [0.1, 0.15) is 31.2 Å². The van der Waals surface area contributed by atoms with Crippen LogP contribution < -0.4 is 10.4 Å². The van der Waals surface area contributed by atoms with E-state index in [4.69, 9.17) is 0 Å². The Kier molecular flexibility index (Phi) is 4.37. The van der Waals surface area contributed by atoms with Crippen molar-refractivity contribution < 1.29 is 19.1 Å². The molecular weight excluding hydrogens is 261 g/mol. The predicted octanol–water partition coefficient (Wildman–Crippen LogP) is 1.63. The predicted molar refractivity (Wildman–Crippen MR) is 70.2 cm³/mol. The number of nitrogens with one attached hydrogen (secondary N) is 1. The second-order valence-electron chi connectivity index (χ2n) is 5.29. The van der Waals surface area contributed by atoms with Gasteiger partial charge in [0.1, 0.15) is 5.82 Å². The van der Waals surface area contributed by atoms with Crippen LogP contribution in [0.5, 0.6) is 0 Å². The van der Waals surface area contributed by atoms with Crippen LogP contribution in [0.3, 0.4) is 0 Å². The molecule has 1 aromatic carbocycles. The van der Waals surface area contributed by atoms with Crippen molar-refractivity contribution in [3.63, 3.8) is 0 Å². The number of carbonyl (C=O) groups is 2. The van der Waals surface area contributed by atoms with Gasteiger partial charge in [0.2, 0.25) is 5.91 Å². The van der Waals surface area contributed by atoms with Crippen molar-refractivity contribution in [3.8, 4) is 0 Å². The van der Waals surface area contributed by atoms with Crippen LogP contribution in [0.2, 0.25) is 0 Å². The first kappa shape index (κ1) is 14.5. The minimum atomic E-state index is -1.20. The molecule has 1 aromatic rings. The van der Waals surface area contributed by atoms with Gasteiger partial charge in [0, 0.05) is 17.8 Å². The van der Waals surface area contributed by atoms with E-state index in [0.717, 1.165) is 18.4 Å². The number of carbonyl (C=O) groups excluding carboxylic acids is 2. The lowest BCUT2D eigenvalue weighted by molar-refractivity contribution is -0.313. The fraction of sp³-hybridized carbons (Fsp3) is 0.467. The van der Waals surface area contributed by atoms with Crippen molar-refractivity contribution in [2.75, 3.05) is 5.32 Å². The highest BCUT2D eigenvalue weighted by molar-refractivity contribution is 5.95. The molecule has 0 heterocycles. The highest BCUT2D eigenvalue weighted by atomic mass is 19.1. The van der Waals surface area contributed by atoms with Crippen LogP contribution in [-0.4, -0.2) is 11.9 Å². The lowest BCUT2D eigenvalue weighted by Crippen LogP contribution is -2.42. The number of carboxylic acid groups (broad SMARTS) is 1. The third-order valence-corrected chi connectivity index (χ3v) is 3.79. The molecule has 20 heavy (non-hydrogen) atoms. The number of amides is 1. The standard InChI is InChI=1S/C15H18FNO3/c1-9-6-7-12(16)13(8-9)17-14(18)10-4-2-3-5-11(10)15(19)20/h6-8,10-11H,2-5H2,1H3,(H,17,18)(H,19,20)/p-1/t10-,11+/m1/s1. The van der Waals surface area contributed by atoms with Gasteiger partial charge in [-0.1, -0.05) is 18.9 Å². The van der Waals surface area contributed by atoms with Crippen LogP contribution in [0.4, 0.5) is 10.1 Å². The van der Waals surface area contributed by atoms with E-state index in [2.05, 4.69) is 5.32 Å². The molecule has 1 saturated carbocycles. The van der Waals surface area contributed by atoms with E-state index in [-0.39, 0.29) is 5.69 Å². The van der Waals surface area contributed by atoms with Gasteiger partial charge >= 0.3 is 0 Å². The van der Waals surface area contributed by atoms with Gasteiger partial charge < -0.3 is 15.2 Å². The molecule has 2 rings (SSSR count). The Morgan fingerprint density at radius 3 is 2.55 bits per heavy atom. The highest BCUT2D eigenvalue weighted by Gasteiger charge is 2.32. The Balaban J connectivity index is 2.14. The largest absolute Gasteiger partial charge is 0.550 e. The van der Waals surface area contributed by atoms with Crippen LogP contribution in [-0.2, 0) is 9.59 Å². The second kappa shape index (κ2) is 6.03. The summed E-state index contributed by atoms with van der Waals surface area (Å²) in [5, 5.41) is 13.6. The minimum absolute atomic E-state index is 0.0951. The molecule has 0 aliphatic heterocycles. The minimum Gasteiger partial charge on any atom is -0.550 e. The van der Waals surface area contributed by atoms with Gasteiger partial charge in [-0.3, -0.25) is 4.79 Å². The Labute approximate surface area is 117 Å². The molecule has 108 valence electrons. The van der Waals surface area contributed by atoms with Gasteiger partial charge in [-0.2, -0.15) is 0 Å². The maximum absolute atomic E-state index is 13.6. The molecule has 0 unspecified atom stereocenters. The lowest BCUT2D eigenvalue weighted by atomic mass is 9.78. The third-order valence-electron chi connectivity index (χ3n) is 3.79. The summed E-state index contributed by atoms with van der Waals surface area (Å²) in [5.41, 5.74) is 0.916. The average Bonchev–Trinajstić information content (AvgIpc) is 2.42. The van der Waals surface area contributed by atoms with Gasteiger partial charge in [-0.25, -0.2) is 4.39 Å². The van der Waals surface area contributed by atoms with Gasteiger partial charge in [-0.05, 0) is 37.5 Å². The van der Waals surface area contributed by atoms with Gasteiger partial charge in [-0.15, -0.1) is 0 Å². The summed E-state index contributed by atoms with van der Waals surface area (Å²) in [6.45, 7) is 1.79. The number of carboxylic acids is 1. The van der Waals surface area contributed by atoms with Crippen LogP contribution >= 0.6 is 0 Å². The number of aryl methyl sites for hydroxylation is 1. The van der Waals surface area contributed by atoms with Gasteiger partial charge in [0.25, 0.3) is 0 Å². The first-order valence-electron chi connectivity index (χ1n) is 6.77. The van der Waals surface area contributed by atoms with E-state index in [1.807, 2.05) is 0 Å².